The van der Waals surface area contributed by atoms with Gasteiger partial charge in [0.25, 0.3) is 0 Å². The molecule has 1 aliphatic rings. The minimum Gasteiger partial charge on any atom is -0.378 e. The Labute approximate surface area is 88.9 Å². The van der Waals surface area contributed by atoms with Crippen LogP contribution in [0.3, 0.4) is 0 Å². The van der Waals surface area contributed by atoms with Crippen molar-refractivity contribution >= 4 is 11.6 Å². The average Bonchev–Trinajstić information content (AvgIpc) is 2.30. The summed E-state index contributed by atoms with van der Waals surface area (Å²) in [6.45, 7) is 6.51. The van der Waals surface area contributed by atoms with Crippen molar-refractivity contribution in [1.82, 2.24) is 4.98 Å². The molecular weight excluding hydrogens is 192 g/mol. The highest BCUT2D eigenvalue weighted by Crippen LogP contribution is 2.12. The molecule has 1 aliphatic heterocycles. The minimum absolute atomic E-state index is 0.198. The first-order valence-electron chi connectivity index (χ1n) is 4.92. The first-order valence-corrected chi connectivity index (χ1v) is 4.92. The first kappa shape index (κ1) is 10.1. The molecule has 1 saturated heterocycles. The monoisotopic (exact) mass is 205 g/mol. The number of hydrogen-bond donors (Lipinski definition) is 0. The highest BCUT2D eigenvalue weighted by molar-refractivity contribution is 5.99. The summed E-state index contributed by atoms with van der Waals surface area (Å²) in [5.41, 5.74) is 0.548. The van der Waals surface area contributed by atoms with Gasteiger partial charge in [0.1, 0.15) is 5.82 Å². The topological polar surface area (TPSA) is 42.4 Å². The van der Waals surface area contributed by atoms with Gasteiger partial charge in [0.05, 0.1) is 13.2 Å². The third-order valence-corrected chi connectivity index (χ3v) is 2.40. The van der Waals surface area contributed by atoms with Crippen molar-refractivity contribution < 1.29 is 9.53 Å². The van der Waals surface area contributed by atoms with Crippen LogP contribution in [0.25, 0.3) is 0 Å². The van der Waals surface area contributed by atoms with E-state index >= 15 is 0 Å². The third kappa shape index (κ3) is 2.33. The fourth-order valence-corrected chi connectivity index (χ4v) is 1.53. The molecule has 0 aliphatic carbocycles. The van der Waals surface area contributed by atoms with Gasteiger partial charge in [-0.25, -0.2) is 4.98 Å². The van der Waals surface area contributed by atoms with Gasteiger partial charge < -0.3 is 9.64 Å². The SMILES string of the molecule is [CH2]C(=O)c1ccc(N2CCOCC2)nc1. The summed E-state index contributed by atoms with van der Waals surface area (Å²) in [6, 6.07) is 3.61. The molecule has 0 aromatic carbocycles. The van der Waals surface area contributed by atoms with Crippen molar-refractivity contribution in [1.29, 1.82) is 0 Å². The lowest BCUT2D eigenvalue weighted by atomic mass is 10.2. The van der Waals surface area contributed by atoms with Gasteiger partial charge in [-0.05, 0) is 12.1 Å². The number of carbonyl (C=O) groups is 1. The molecule has 0 unspecified atom stereocenters. The van der Waals surface area contributed by atoms with E-state index < -0.39 is 0 Å². The number of rotatable bonds is 2. The number of pyridine rings is 1. The van der Waals surface area contributed by atoms with Crippen LogP contribution in [0.2, 0.25) is 0 Å². The van der Waals surface area contributed by atoms with E-state index in [0.29, 0.717) is 5.56 Å². The van der Waals surface area contributed by atoms with Crippen LogP contribution in [-0.2, 0) is 4.74 Å². The molecule has 1 aromatic heterocycles. The summed E-state index contributed by atoms with van der Waals surface area (Å²) < 4.78 is 5.25. The Bertz CT molecular complexity index is 342. The quantitative estimate of drug-likeness (QED) is 0.674. The number of hydrogen-bond acceptors (Lipinski definition) is 4. The molecule has 0 amide bonds. The maximum Gasteiger partial charge on any atom is 0.164 e. The lowest BCUT2D eigenvalue weighted by molar-refractivity contribution is 0.104. The normalized spacial score (nSPS) is 16.5. The second-order valence-corrected chi connectivity index (χ2v) is 3.43. The summed E-state index contributed by atoms with van der Waals surface area (Å²) in [6.07, 6.45) is 1.57. The van der Waals surface area contributed by atoms with E-state index in [0.717, 1.165) is 32.1 Å². The van der Waals surface area contributed by atoms with Gasteiger partial charge in [0.15, 0.2) is 5.78 Å². The third-order valence-electron chi connectivity index (χ3n) is 2.40. The molecule has 0 N–H and O–H groups in total. The predicted octanol–water partition coefficient (Wildman–Crippen LogP) is 0.935. The highest BCUT2D eigenvalue weighted by Gasteiger charge is 2.12. The Hall–Kier alpha value is -1.42. The molecule has 0 atom stereocenters. The Morgan fingerprint density at radius 1 is 1.40 bits per heavy atom. The Morgan fingerprint density at radius 2 is 2.13 bits per heavy atom. The van der Waals surface area contributed by atoms with Crippen LogP contribution in [-0.4, -0.2) is 37.1 Å². The Kier molecular flexibility index (Phi) is 2.97. The van der Waals surface area contributed by atoms with Crippen molar-refractivity contribution in [2.24, 2.45) is 0 Å². The molecule has 1 radical (unpaired) electrons. The number of morpholine rings is 1. The molecule has 0 spiro atoms. The Morgan fingerprint density at radius 3 is 2.67 bits per heavy atom. The largest absolute Gasteiger partial charge is 0.378 e. The smallest absolute Gasteiger partial charge is 0.164 e. The minimum atomic E-state index is -0.198. The molecule has 0 saturated carbocycles. The van der Waals surface area contributed by atoms with Crippen molar-refractivity contribution in [2.45, 2.75) is 0 Å². The molecule has 15 heavy (non-hydrogen) atoms. The van der Waals surface area contributed by atoms with E-state index in [9.17, 15) is 4.79 Å². The van der Waals surface area contributed by atoms with Crippen molar-refractivity contribution in [3.05, 3.63) is 30.8 Å². The van der Waals surface area contributed by atoms with Gasteiger partial charge in [0.2, 0.25) is 0 Å². The summed E-state index contributed by atoms with van der Waals surface area (Å²) in [5.74, 6) is 0.694. The number of aromatic nitrogens is 1. The molecule has 0 bridgehead atoms. The van der Waals surface area contributed by atoms with Gasteiger partial charge in [-0.1, -0.05) is 0 Å². The van der Waals surface area contributed by atoms with E-state index in [1.165, 1.54) is 0 Å². The first-order chi connectivity index (χ1) is 7.27. The van der Waals surface area contributed by atoms with Crippen molar-refractivity contribution in [2.75, 3.05) is 31.2 Å². The lowest BCUT2D eigenvalue weighted by Gasteiger charge is -2.27. The van der Waals surface area contributed by atoms with Gasteiger partial charge in [-0.15, -0.1) is 0 Å². The van der Waals surface area contributed by atoms with Crippen LogP contribution in [0, 0.1) is 6.92 Å². The maximum atomic E-state index is 10.9. The van der Waals surface area contributed by atoms with E-state index in [1.807, 2.05) is 6.07 Å². The number of ketones is 1. The van der Waals surface area contributed by atoms with E-state index in [-0.39, 0.29) is 5.78 Å². The van der Waals surface area contributed by atoms with Crippen LogP contribution in [0.5, 0.6) is 0 Å². The maximum absolute atomic E-state index is 10.9. The molecular formula is C11H13N2O2. The zero-order valence-corrected chi connectivity index (χ0v) is 8.48. The average molecular weight is 205 g/mol. The molecule has 4 heteroatoms. The van der Waals surface area contributed by atoms with Crippen molar-refractivity contribution in [3.63, 3.8) is 0 Å². The van der Waals surface area contributed by atoms with Gasteiger partial charge in [0, 0.05) is 31.8 Å². The fraction of sp³-hybridized carbons (Fsp3) is 0.364. The van der Waals surface area contributed by atoms with E-state index in [2.05, 4.69) is 16.8 Å². The summed E-state index contributed by atoms with van der Waals surface area (Å²) in [7, 11) is 0. The lowest BCUT2D eigenvalue weighted by Crippen LogP contribution is -2.36. The fourth-order valence-electron chi connectivity index (χ4n) is 1.53. The number of nitrogens with zero attached hydrogens (tertiary/aromatic N) is 2. The van der Waals surface area contributed by atoms with Gasteiger partial charge in [-0.2, -0.15) is 0 Å². The molecule has 2 rings (SSSR count). The van der Waals surface area contributed by atoms with E-state index in [1.54, 1.807) is 12.3 Å². The summed E-state index contributed by atoms with van der Waals surface area (Å²) in [5, 5.41) is 0. The summed E-state index contributed by atoms with van der Waals surface area (Å²) in [4.78, 5) is 17.3. The standard InChI is InChI=1S/C11H13N2O2/c1-9(14)10-2-3-11(12-8-10)13-4-6-15-7-5-13/h2-3,8H,1,4-7H2. The van der Waals surface area contributed by atoms with Crippen LogP contribution in [0.15, 0.2) is 18.3 Å². The zero-order valence-electron chi connectivity index (χ0n) is 8.48. The van der Waals surface area contributed by atoms with Crippen LogP contribution in [0.4, 0.5) is 5.82 Å². The second-order valence-electron chi connectivity index (χ2n) is 3.43. The van der Waals surface area contributed by atoms with Crippen LogP contribution in [0.1, 0.15) is 10.4 Å². The van der Waals surface area contributed by atoms with Crippen molar-refractivity contribution in [3.8, 4) is 0 Å². The molecule has 4 nitrogen and oxygen atoms in total. The predicted molar refractivity (Wildman–Crippen MR) is 57.0 cm³/mol. The van der Waals surface area contributed by atoms with Gasteiger partial charge in [-0.3, -0.25) is 4.79 Å². The molecule has 79 valence electrons. The number of anilines is 1. The molecule has 1 fully saturated rings. The van der Waals surface area contributed by atoms with Gasteiger partial charge >= 0.3 is 0 Å². The summed E-state index contributed by atoms with van der Waals surface area (Å²) >= 11 is 0. The molecule has 2 heterocycles. The highest BCUT2D eigenvalue weighted by atomic mass is 16.5. The van der Waals surface area contributed by atoms with E-state index in [4.69, 9.17) is 4.74 Å². The molecule has 1 aromatic rings. The number of ether oxygens (including phenoxy) is 1. The number of carbonyl (C=O) groups excluding carboxylic acids is 1. The second kappa shape index (κ2) is 4.40. The van der Waals surface area contributed by atoms with Crippen LogP contribution < -0.4 is 4.90 Å². The van der Waals surface area contributed by atoms with Crippen LogP contribution >= 0.6 is 0 Å². The zero-order chi connectivity index (χ0) is 10.7. The Balaban J connectivity index is 2.11. The number of Topliss-reactive ketones (excluding diaryl/α,β-unsaturated/α-hetero) is 1.